The molecule has 0 aliphatic carbocycles. The van der Waals surface area contributed by atoms with Crippen LogP contribution in [0.5, 0.6) is 5.75 Å². The van der Waals surface area contributed by atoms with E-state index in [1.54, 1.807) is 0 Å². The van der Waals surface area contributed by atoms with E-state index in [2.05, 4.69) is 16.0 Å². The fourth-order valence-corrected chi connectivity index (χ4v) is 3.80. The molecule has 5 nitrogen and oxygen atoms in total. The highest BCUT2D eigenvalue weighted by molar-refractivity contribution is 5.81. The summed E-state index contributed by atoms with van der Waals surface area (Å²) in [6.45, 7) is 3.46. The molecular weight excluding hydrogens is 314 g/mol. The van der Waals surface area contributed by atoms with Crippen molar-refractivity contribution in [1.82, 2.24) is 14.9 Å². The summed E-state index contributed by atoms with van der Waals surface area (Å²) in [7, 11) is 0. The summed E-state index contributed by atoms with van der Waals surface area (Å²) >= 11 is 0. The molecule has 0 spiro atoms. The maximum atomic E-state index is 12.8. The molecule has 1 aromatic carbocycles. The first-order valence-electron chi connectivity index (χ1n) is 9.03. The van der Waals surface area contributed by atoms with Crippen LogP contribution in [0.1, 0.15) is 42.3 Å². The number of carbonyl (C=O) groups excluding carboxylic acids is 1. The third-order valence-corrected chi connectivity index (χ3v) is 5.22. The number of para-hydroxylation sites is 1. The number of likely N-dealkylation sites (tertiary alicyclic amines) is 1. The number of hydrogen-bond acceptors (Lipinski definition) is 4. The number of nitrogens with zero attached hydrogens (tertiary/aromatic N) is 3. The van der Waals surface area contributed by atoms with Crippen molar-refractivity contribution in [2.24, 2.45) is 0 Å². The Bertz CT molecular complexity index is 769. The normalized spacial score (nSPS) is 20.7. The first-order chi connectivity index (χ1) is 12.2. The summed E-state index contributed by atoms with van der Waals surface area (Å²) in [6.07, 6.45) is 5.05. The molecule has 1 aromatic heterocycles. The second kappa shape index (κ2) is 6.82. The average molecular weight is 337 g/mol. The van der Waals surface area contributed by atoms with E-state index in [0.717, 1.165) is 56.0 Å². The minimum absolute atomic E-state index is 0.131. The number of aromatic nitrogens is 2. The van der Waals surface area contributed by atoms with Gasteiger partial charge in [-0.25, -0.2) is 9.97 Å². The molecule has 2 aliphatic heterocycles. The number of amides is 1. The molecule has 2 aliphatic rings. The van der Waals surface area contributed by atoms with Gasteiger partial charge in [0, 0.05) is 30.9 Å². The number of benzene rings is 1. The number of fused-ring (bicyclic) bond motifs is 1. The maximum Gasteiger partial charge on any atom is 0.263 e. The number of carbonyl (C=O) groups is 1. The second-order valence-corrected chi connectivity index (χ2v) is 6.88. The highest BCUT2D eigenvalue weighted by atomic mass is 16.5. The maximum absolute atomic E-state index is 12.8. The van der Waals surface area contributed by atoms with Crippen molar-refractivity contribution in [3.8, 4) is 5.75 Å². The number of piperidine rings is 1. The summed E-state index contributed by atoms with van der Waals surface area (Å²) in [5, 5.41) is 0. The fraction of sp³-hybridized carbons (Fsp3) is 0.450. The van der Waals surface area contributed by atoms with Gasteiger partial charge < -0.3 is 9.64 Å². The summed E-state index contributed by atoms with van der Waals surface area (Å²) in [6, 6.07) is 10.0. The van der Waals surface area contributed by atoms with Crippen molar-refractivity contribution in [2.45, 2.75) is 44.6 Å². The van der Waals surface area contributed by atoms with E-state index in [-0.39, 0.29) is 12.0 Å². The molecule has 0 N–H and O–H groups in total. The Labute approximate surface area is 148 Å². The van der Waals surface area contributed by atoms with Crippen LogP contribution in [0.25, 0.3) is 0 Å². The van der Waals surface area contributed by atoms with E-state index in [1.165, 1.54) is 5.56 Å². The predicted octanol–water partition coefficient (Wildman–Crippen LogP) is 2.88. The zero-order valence-electron chi connectivity index (χ0n) is 14.5. The molecule has 0 saturated carbocycles. The first-order valence-corrected chi connectivity index (χ1v) is 9.03. The summed E-state index contributed by atoms with van der Waals surface area (Å²) < 4.78 is 5.96. The zero-order chi connectivity index (χ0) is 17.2. The second-order valence-electron chi connectivity index (χ2n) is 6.88. The van der Waals surface area contributed by atoms with E-state index < -0.39 is 0 Å². The van der Waals surface area contributed by atoms with Gasteiger partial charge in [-0.3, -0.25) is 4.79 Å². The van der Waals surface area contributed by atoms with Gasteiger partial charge in [-0.05, 0) is 50.3 Å². The molecule has 3 heterocycles. The van der Waals surface area contributed by atoms with Crippen molar-refractivity contribution in [3.05, 3.63) is 53.6 Å². The molecule has 1 amide bonds. The Morgan fingerprint density at radius 2 is 1.96 bits per heavy atom. The number of ether oxygens (including phenoxy) is 1. The van der Waals surface area contributed by atoms with Gasteiger partial charge in [-0.1, -0.05) is 18.2 Å². The van der Waals surface area contributed by atoms with E-state index in [4.69, 9.17) is 4.74 Å². The molecule has 0 radical (unpaired) electrons. The smallest absolute Gasteiger partial charge is 0.263 e. The van der Waals surface area contributed by atoms with Crippen LogP contribution in [0.4, 0.5) is 0 Å². The topological polar surface area (TPSA) is 55.3 Å². The Kier molecular flexibility index (Phi) is 4.38. The van der Waals surface area contributed by atoms with Gasteiger partial charge in [0.1, 0.15) is 11.6 Å². The Balaban J connectivity index is 1.37. The van der Waals surface area contributed by atoms with Crippen molar-refractivity contribution in [1.29, 1.82) is 0 Å². The summed E-state index contributed by atoms with van der Waals surface area (Å²) in [5.41, 5.74) is 2.30. The van der Waals surface area contributed by atoms with Gasteiger partial charge in [0.25, 0.3) is 5.91 Å². The van der Waals surface area contributed by atoms with E-state index in [9.17, 15) is 4.79 Å². The lowest BCUT2D eigenvalue weighted by molar-refractivity contribution is -0.140. The van der Waals surface area contributed by atoms with E-state index in [1.807, 2.05) is 42.3 Å². The van der Waals surface area contributed by atoms with Crippen LogP contribution < -0.4 is 4.74 Å². The molecular formula is C20H23N3O2. The quantitative estimate of drug-likeness (QED) is 0.845. The van der Waals surface area contributed by atoms with Gasteiger partial charge in [0.15, 0.2) is 6.10 Å². The number of hydrogen-bond donors (Lipinski definition) is 0. The minimum Gasteiger partial charge on any atom is -0.480 e. The van der Waals surface area contributed by atoms with Crippen LogP contribution >= 0.6 is 0 Å². The average Bonchev–Trinajstić information content (AvgIpc) is 2.67. The van der Waals surface area contributed by atoms with Crippen LogP contribution in [-0.2, 0) is 11.2 Å². The van der Waals surface area contributed by atoms with Crippen molar-refractivity contribution < 1.29 is 9.53 Å². The lowest BCUT2D eigenvalue weighted by Crippen LogP contribution is -2.46. The van der Waals surface area contributed by atoms with Gasteiger partial charge >= 0.3 is 0 Å². The molecule has 1 saturated heterocycles. The molecule has 5 heteroatoms. The lowest BCUT2D eigenvalue weighted by atomic mass is 9.92. The molecule has 25 heavy (non-hydrogen) atoms. The SMILES string of the molecule is Cc1nccc(C2CCN(C(=O)[C@H]3CCc4ccccc4O3)CC2)n1. The summed E-state index contributed by atoms with van der Waals surface area (Å²) in [4.78, 5) is 23.5. The molecule has 2 aromatic rings. The molecule has 0 unspecified atom stereocenters. The number of aryl methyl sites for hydroxylation is 2. The van der Waals surface area contributed by atoms with Crippen LogP contribution in [0.3, 0.4) is 0 Å². The first kappa shape index (κ1) is 16.1. The Morgan fingerprint density at radius 3 is 2.76 bits per heavy atom. The molecule has 1 atom stereocenters. The van der Waals surface area contributed by atoms with E-state index >= 15 is 0 Å². The number of rotatable bonds is 2. The molecule has 1 fully saturated rings. The monoisotopic (exact) mass is 337 g/mol. The van der Waals surface area contributed by atoms with Gasteiger partial charge in [-0.15, -0.1) is 0 Å². The molecule has 4 rings (SSSR count). The minimum atomic E-state index is -0.340. The summed E-state index contributed by atoms with van der Waals surface area (Å²) in [5.74, 6) is 2.22. The van der Waals surface area contributed by atoms with Crippen LogP contribution in [0.2, 0.25) is 0 Å². The van der Waals surface area contributed by atoms with Crippen molar-refractivity contribution >= 4 is 5.91 Å². The standard InChI is InChI=1S/C20H23N3O2/c1-14-21-11-8-17(22-14)15-9-12-23(13-10-15)20(24)19-7-6-16-4-2-3-5-18(16)25-19/h2-5,8,11,15,19H,6-7,9-10,12-13H2,1H3/t19-/m1/s1. The van der Waals surface area contributed by atoms with E-state index in [0.29, 0.717) is 5.92 Å². The fourth-order valence-electron chi connectivity index (χ4n) is 3.80. The lowest BCUT2D eigenvalue weighted by Gasteiger charge is -2.35. The van der Waals surface area contributed by atoms with Gasteiger partial charge in [-0.2, -0.15) is 0 Å². The van der Waals surface area contributed by atoms with Gasteiger partial charge in [0.05, 0.1) is 0 Å². The predicted molar refractivity (Wildman–Crippen MR) is 94.5 cm³/mol. The molecule has 0 bridgehead atoms. The molecule has 130 valence electrons. The zero-order valence-corrected chi connectivity index (χ0v) is 14.5. The highest BCUT2D eigenvalue weighted by Crippen LogP contribution is 2.30. The Hall–Kier alpha value is -2.43. The van der Waals surface area contributed by atoms with Crippen LogP contribution in [0, 0.1) is 6.92 Å². The third kappa shape index (κ3) is 3.36. The third-order valence-electron chi connectivity index (χ3n) is 5.22. The largest absolute Gasteiger partial charge is 0.480 e. The van der Waals surface area contributed by atoms with Crippen molar-refractivity contribution in [2.75, 3.05) is 13.1 Å². The highest BCUT2D eigenvalue weighted by Gasteiger charge is 2.32. The van der Waals surface area contributed by atoms with Crippen molar-refractivity contribution in [3.63, 3.8) is 0 Å². The Morgan fingerprint density at radius 1 is 1.16 bits per heavy atom. The van der Waals surface area contributed by atoms with Crippen LogP contribution in [0.15, 0.2) is 36.5 Å². The van der Waals surface area contributed by atoms with Crippen LogP contribution in [-0.4, -0.2) is 40.0 Å². The van der Waals surface area contributed by atoms with Gasteiger partial charge in [0.2, 0.25) is 0 Å².